The zero-order valence-corrected chi connectivity index (χ0v) is 9.31. The van der Waals surface area contributed by atoms with Gasteiger partial charge in [-0.2, -0.15) is 0 Å². The fraction of sp³-hybridized carbons (Fsp3) is 0.200. The lowest BCUT2D eigenvalue weighted by molar-refractivity contribution is 0.971. The first-order chi connectivity index (χ1) is 7.09. The fourth-order valence-electron chi connectivity index (χ4n) is 1.41. The zero-order chi connectivity index (χ0) is 11.0. The highest BCUT2D eigenvalue weighted by Gasteiger charge is 2.03. The molecule has 2 N–H and O–H groups in total. The third-order valence-corrected chi connectivity index (χ3v) is 2.72. The lowest BCUT2D eigenvalue weighted by Crippen LogP contribution is -2.14. The van der Waals surface area contributed by atoms with Crippen molar-refractivity contribution in [2.75, 3.05) is 0 Å². The van der Waals surface area contributed by atoms with E-state index in [0.717, 1.165) is 11.3 Å². The van der Waals surface area contributed by atoms with Crippen LogP contribution in [0.3, 0.4) is 0 Å². The first-order valence-electron chi connectivity index (χ1n) is 4.57. The number of aromatic nitrogens is 3. The van der Waals surface area contributed by atoms with Gasteiger partial charge >= 0.3 is 5.69 Å². The molecule has 2 aromatic rings. The third kappa shape index (κ3) is 1.66. The number of nitrogens with zero attached hydrogens (tertiary/aromatic N) is 1. The standard InChI is InChI=1S/C10H11N3OS/c1-6-3-4-8(5-7(6)2)13-9(14)11-12-10(13)15/h3-5H,1-2H3,(H,11,14)(H,12,15). The molecular weight excluding hydrogens is 210 g/mol. The van der Waals surface area contributed by atoms with Crippen LogP contribution in [0, 0.1) is 18.6 Å². The van der Waals surface area contributed by atoms with E-state index >= 15 is 0 Å². The van der Waals surface area contributed by atoms with E-state index in [1.54, 1.807) is 0 Å². The predicted octanol–water partition coefficient (Wildman–Crippen LogP) is 1.84. The summed E-state index contributed by atoms with van der Waals surface area (Å²) in [5, 5.41) is 5.06. The molecule has 0 amide bonds. The minimum Gasteiger partial charge on any atom is -0.272 e. The Morgan fingerprint density at radius 3 is 2.47 bits per heavy atom. The molecule has 0 atom stereocenters. The Bertz CT molecular complexity index is 578. The van der Waals surface area contributed by atoms with Crippen LogP contribution in [0.25, 0.3) is 5.69 Å². The molecule has 0 fully saturated rings. The average molecular weight is 221 g/mol. The third-order valence-electron chi connectivity index (χ3n) is 2.43. The summed E-state index contributed by atoms with van der Waals surface area (Å²) in [5.41, 5.74) is 2.86. The summed E-state index contributed by atoms with van der Waals surface area (Å²) in [6.07, 6.45) is 0. The van der Waals surface area contributed by atoms with Crippen LogP contribution in [0.5, 0.6) is 0 Å². The number of hydrogen-bond donors (Lipinski definition) is 2. The molecular formula is C10H11N3OS. The Hall–Kier alpha value is -1.62. The topological polar surface area (TPSA) is 53.6 Å². The van der Waals surface area contributed by atoms with Gasteiger partial charge in [-0.25, -0.2) is 14.5 Å². The van der Waals surface area contributed by atoms with Gasteiger partial charge < -0.3 is 0 Å². The second kappa shape index (κ2) is 3.51. The fourth-order valence-corrected chi connectivity index (χ4v) is 1.65. The lowest BCUT2D eigenvalue weighted by atomic mass is 10.1. The molecule has 1 heterocycles. The summed E-state index contributed by atoms with van der Waals surface area (Å²) < 4.78 is 1.81. The second-order valence-electron chi connectivity index (χ2n) is 3.46. The quantitative estimate of drug-likeness (QED) is 0.722. The van der Waals surface area contributed by atoms with Crippen molar-refractivity contribution in [1.29, 1.82) is 0 Å². The van der Waals surface area contributed by atoms with Crippen molar-refractivity contribution in [3.05, 3.63) is 44.6 Å². The Kier molecular flexibility index (Phi) is 2.32. The van der Waals surface area contributed by atoms with E-state index in [4.69, 9.17) is 12.2 Å². The highest BCUT2D eigenvalue weighted by atomic mass is 32.1. The minimum atomic E-state index is -0.247. The van der Waals surface area contributed by atoms with Gasteiger partial charge in [0.25, 0.3) is 0 Å². The molecule has 78 valence electrons. The maximum atomic E-state index is 11.4. The number of H-pyrrole nitrogens is 2. The van der Waals surface area contributed by atoms with E-state index in [-0.39, 0.29) is 5.69 Å². The summed E-state index contributed by atoms with van der Waals surface area (Å²) in [5.74, 6) is 0. The number of rotatable bonds is 1. The Balaban J connectivity index is 2.70. The molecule has 1 aromatic heterocycles. The van der Waals surface area contributed by atoms with E-state index in [1.807, 2.05) is 32.0 Å². The van der Waals surface area contributed by atoms with E-state index in [1.165, 1.54) is 10.1 Å². The van der Waals surface area contributed by atoms with Crippen LogP contribution in [-0.4, -0.2) is 14.8 Å². The molecule has 15 heavy (non-hydrogen) atoms. The van der Waals surface area contributed by atoms with Gasteiger partial charge in [-0.3, -0.25) is 5.10 Å². The summed E-state index contributed by atoms with van der Waals surface area (Å²) in [6, 6.07) is 5.79. The molecule has 2 rings (SSSR count). The minimum absolute atomic E-state index is 0.247. The van der Waals surface area contributed by atoms with Crippen LogP contribution in [-0.2, 0) is 0 Å². The number of aryl methyl sites for hydroxylation is 2. The highest BCUT2D eigenvalue weighted by molar-refractivity contribution is 7.71. The number of aromatic amines is 2. The van der Waals surface area contributed by atoms with Gasteiger partial charge in [-0.05, 0) is 49.3 Å². The highest BCUT2D eigenvalue weighted by Crippen LogP contribution is 2.12. The van der Waals surface area contributed by atoms with Gasteiger partial charge in [-0.15, -0.1) is 0 Å². The lowest BCUT2D eigenvalue weighted by Gasteiger charge is -2.04. The van der Waals surface area contributed by atoms with Gasteiger partial charge in [-0.1, -0.05) is 6.07 Å². The molecule has 0 saturated carbocycles. The van der Waals surface area contributed by atoms with Crippen molar-refractivity contribution in [3.8, 4) is 5.69 Å². The molecule has 0 saturated heterocycles. The Labute approximate surface area is 91.6 Å². The van der Waals surface area contributed by atoms with E-state index in [9.17, 15) is 4.79 Å². The van der Waals surface area contributed by atoms with Crippen molar-refractivity contribution in [3.63, 3.8) is 0 Å². The molecule has 0 aliphatic heterocycles. The van der Waals surface area contributed by atoms with Crippen molar-refractivity contribution < 1.29 is 0 Å². The van der Waals surface area contributed by atoms with Crippen molar-refractivity contribution in [1.82, 2.24) is 14.8 Å². The molecule has 0 spiro atoms. The van der Waals surface area contributed by atoms with Crippen LogP contribution >= 0.6 is 12.2 Å². The number of hydrogen-bond acceptors (Lipinski definition) is 2. The maximum Gasteiger partial charge on any atom is 0.347 e. The smallest absolute Gasteiger partial charge is 0.272 e. The van der Waals surface area contributed by atoms with Gasteiger partial charge in [0, 0.05) is 0 Å². The molecule has 0 aliphatic rings. The predicted molar refractivity (Wildman–Crippen MR) is 61.0 cm³/mol. The Morgan fingerprint density at radius 1 is 1.20 bits per heavy atom. The van der Waals surface area contributed by atoms with E-state index in [0.29, 0.717) is 4.77 Å². The number of benzene rings is 1. The van der Waals surface area contributed by atoms with Gasteiger partial charge in [0.15, 0.2) is 0 Å². The van der Waals surface area contributed by atoms with Crippen molar-refractivity contribution in [2.24, 2.45) is 0 Å². The normalized spacial score (nSPS) is 10.5. The summed E-state index contributed by atoms with van der Waals surface area (Å²) in [6.45, 7) is 4.03. The largest absolute Gasteiger partial charge is 0.347 e. The van der Waals surface area contributed by atoms with Crippen molar-refractivity contribution in [2.45, 2.75) is 13.8 Å². The molecule has 0 bridgehead atoms. The van der Waals surface area contributed by atoms with E-state index in [2.05, 4.69) is 10.2 Å². The molecule has 0 radical (unpaired) electrons. The van der Waals surface area contributed by atoms with Crippen LogP contribution in [0.1, 0.15) is 11.1 Å². The van der Waals surface area contributed by atoms with Crippen LogP contribution < -0.4 is 5.69 Å². The molecule has 0 aliphatic carbocycles. The number of nitrogens with one attached hydrogen (secondary N) is 2. The summed E-state index contributed by atoms with van der Waals surface area (Å²) >= 11 is 5.01. The van der Waals surface area contributed by atoms with Crippen LogP contribution in [0.15, 0.2) is 23.0 Å². The SMILES string of the molecule is Cc1ccc(-n2c(=O)[nH][nH]c2=S)cc1C. The monoisotopic (exact) mass is 221 g/mol. The summed E-state index contributed by atoms with van der Waals surface area (Å²) in [7, 11) is 0. The second-order valence-corrected chi connectivity index (χ2v) is 3.85. The molecule has 4 nitrogen and oxygen atoms in total. The van der Waals surface area contributed by atoms with Crippen molar-refractivity contribution >= 4 is 12.2 Å². The zero-order valence-electron chi connectivity index (χ0n) is 8.50. The average Bonchev–Trinajstić information content (AvgIpc) is 2.52. The maximum absolute atomic E-state index is 11.4. The first-order valence-corrected chi connectivity index (χ1v) is 4.98. The van der Waals surface area contributed by atoms with Gasteiger partial charge in [0.1, 0.15) is 0 Å². The van der Waals surface area contributed by atoms with Gasteiger partial charge in [0.05, 0.1) is 5.69 Å². The van der Waals surface area contributed by atoms with Gasteiger partial charge in [0.2, 0.25) is 4.77 Å². The molecule has 0 unspecified atom stereocenters. The van der Waals surface area contributed by atoms with Crippen LogP contribution in [0.2, 0.25) is 0 Å². The first kappa shape index (κ1) is 9.92. The summed E-state index contributed by atoms with van der Waals surface area (Å²) in [4.78, 5) is 11.4. The molecule has 1 aromatic carbocycles. The van der Waals surface area contributed by atoms with Crippen LogP contribution in [0.4, 0.5) is 0 Å². The Morgan fingerprint density at radius 2 is 1.93 bits per heavy atom. The van der Waals surface area contributed by atoms with E-state index < -0.39 is 0 Å². The molecule has 5 heteroatoms.